The molecule has 2 N–H and O–H groups in total. The van der Waals surface area contributed by atoms with Crippen LogP contribution >= 0.6 is 12.2 Å². The van der Waals surface area contributed by atoms with E-state index in [1.54, 1.807) is 0 Å². The number of anilines is 2. The molecule has 28 heavy (non-hydrogen) atoms. The van der Waals surface area contributed by atoms with Gasteiger partial charge >= 0.3 is 0 Å². The van der Waals surface area contributed by atoms with Crippen LogP contribution in [0.25, 0.3) is 0 Å². The summed E-state index contributed by atoms with van der Waals surface area (Å²) >= 11 is 5.66. The van der Waals surface area contributed by atoms with E-state index >= 15 is 0 Å². The van der Waals surface area contributed by atoms with Gasteiger partial charge in [-0.1, -0.05) is 37.1 Å². The minimum atomic E-state index is -0.0860. The van der Waals surface area contributed by atoms with Crippen LogP contribution in [0.2, 0.25) is 0 Å². The van der Waals surface area contributed by atoms with Gasteiger partial charge in [-0.3, -0.25) is 4.79 Å². The van der Waals surface area contributed by atoms with E-state index in [1.165, 1.54) is 24.0 Å². The first kappa shape index (κ1) is 18.9. The predicted octanol–water partition coefficient (Wildman–Crippen LogP) is 4.88. The lowest BCUT2D eigenvalue weighted by Crippen LogP contribution is -2.46. The summed E-state index contributed by atoms with van der Waals surface area (Å²) in [5.41, 5.74) is 4.46. The lowest BCUT2D eigenvalue weighted by atomic mass is 9.85. The van der Waals surface area contributed by atoms with Gasteiger partial charge in [0, 0.05) is 24.3 Å². The van der Waals surface area contributed by atoms with Gasteiger partial charge in [0.25, 0.3) is 0 Å². The number of hydrogen-bond donors (Lipinski definition) is 2. The number of hydrogen-bond acceptors (Lipinski definition) is 2. The Morgan fingerprint density at radius 1 is 1.04 bits per heavy atom. The lowest BCUT2D eigenvalue weighted by Gasteiger charge is -2.34. The molecule has 1 aliphatic heterocycles. The second-order valence-electron chi connectivity index (χ2n) is 7.88. The van der Waals surface area contributed by atoms with Crippen molar-refractivity contribution >= 4 is 34.6 Å². The van der Waals surface area contributed by atoms with Gasteiger partial charge in [0.1, 0.15) is 0 Å². The van der Waals surface area contributed by atoms with Crippen molar-refractivity contribution < 1.29 is 4.79 Å². The van der Waals surface area contributed by atoms with Crippen LogP contribution in [-0.4, -0.2) is 17.6 Å². The average Bonchev–Trinajstić information content (AvgIpc) is 3.32. The third kappa shape index (κ3) is 3.76. The van der Waals surface area contributed by atoms with Crippen LogP contribution in [0.3, 0.4) is 0 Å². The van der Waals surface area contributed by atoms with Crippen molar-refractivity contribution in [2.45, 2.75) is 51.0 Å². The lowest BCUT2D eigenvalue weighted by molar-refractivity contribution is -0.117. The Morgan fingerprint density at radius 2 is 1.75 bits per heavy atom. The van der Waals surface area contributed by atoms with E-state index in [9.17, 15) is 4.79 Å². The summed E-state index contributed by atoms with van der Waals surface area (Å²) in [5, 5.41) is 7.61. The van der Waals surface area contributed by atoms with Crippen molar-refractivity contribution in [1.29, 1.82) is 0 Å². The molecule has 2 aromatic rings. The summed E-state index contributed by atoms with van der Waals surface area (Å²) in [7, 11) is 0. The molecule has 5 heteroatoms. The maximum absolute atomic E-state index is 11.9. The van der Waals surface area contributed by atoms with Crippen LogP contribution in [0.1, 0.15) is 49.7 Å². The SMILES string of the molecule is Cc1ccccc1C1(NC(=S)Nc2ccc(N3CCCC3=O)cc2)CCCC1. The second-order valence-corrected chi connectivity index (χ2v) is 8.29. The van der Waals surface area contributed by atoms with Crippen molar-refractivity contribution in [3.05, 3.63) is 59.7 Å². The Labute approximate surface area is 172 Å². The van der Waals surface area contributed by atoms with Crippen molar-refractivity contribution in [3.63, 3.8) is 0 Å². The van der Waals surface area contributed by atoms with Gasteiger partial charge < -0.3 is 15.5 Å². The highest BCUT2D eigenvalue weighted by Crippen LogP contribution is 2.40. The van der Waals surface area contributed by atoms with Crippen LogP contribution in [0.4, 0.5) is 11.4 Å². The van der Waals surface area contributed by atoms with E-state index in [2.05, 4.69) is 41.8 Å². The van der Waals surface area contributed by atoms with E-state index < -0.39 is 0 Å². The first-order valence-electron chi connectivity index (χ1n) is 10.1. The molecule has 4 nitrogen and oxygen atoms in total. The Morgan fingerprint density at radius 3 is 2.39 bits per heavy atom. The van der Waals surface area contributed by atoms with Gasteiger partial charge in [-0.15, -0.1) is 0 Å². The molecule has 0 atom stereocenters. The molecule has 1 saturated carbocycles. The zero-order valence-corrected chi connectivity index (χ0v) is 17.1. The fourth-order valence-electron chi connectivity index (χ4n) is 4.58. The summed E-state index contributed by atoms with van der Waals surface area (Å²) in [6.45, 7) is 2.98. The Bertz CT molecular complexity index is 872. The molecule has 0 aromatic heterocycles. The number of thiocarbonyl (C=S) groups is 1. The van der Waals surface area contributed by atoms with E-state index in [1.807, 2.05) is 29.2 Å². The molecular weight excluding hydrogens is 366 g/mol. The largest absolute Gasteiger partial charge is 0.353 e. The molecule has 1 aliphatic carbocycles. The van der Waals surface area contributed by atoms with Crippen molar-refractivity contribution in [3.8, 4) is 0 Å². The molecular formula is C23H27N3OS. The number of carbonyl (C=O) groups excluding carboxylic acids is 1. The smallest absolute Gasteiger partial charge is 0.227 e. The normalized spacial score (nSPS) is 18.3. The van der Waals surface area contributed by atoms with E-state index in [-0.39, 0.29) is 11.4 Å². The first-order chi connectivity index (χ1) is 13.6. The van der Waals surface area contributed by atoms with Gasteiger partial charge in [-0.25, -0.2) is 0 Å². The number of amides is 1. The van der Waals surface area contributed by atoms with Gasteiger partial charge in [0.05, 0.1) is 5.54 Å². The van der Waals surface area contributed by atoms with Crippen LogP contribution in [0.5, 0.6) is 0 Å². The quantitative estimate of drug-likeness (QED) is 0.727. The Kier molecular flexibility index (Phi) is 5.36. The van der Waals surface area contributed by atoms with Gasteiger partial charge in [-0.05, 0) is 73.8 Å². The third-order valence-corrected chi connectivity index (χ3v) is 6.18. The molecule has 2 aliphatic rings. The summed E-state index contributed by atoms with van der Waals surface area (Å²) in [6.07, 6.45) is 6.19. The van der Waals surface area contributed by atoms with Gasteiger partial charge in [0.2, 0.25) is 5.91 Å². The van der Waals surface area contributed by atoms with E-state index in [0.29, 0.717) is 11.5 Å². The van der Waals surface area contributed by atoms with Crippen LogP contribution in [0, 0.1) is 6.92 Å². The van der Waals surface area contributed by atoms with Crippen molar-refractivity contribution in [2.24, 2.45) is 0 Å². The number of nitrogens with zero attached hydrogens (tertiary/aromatic N) is 1. The molecule has 0 unspecified atom stereocenters. The standard InChI is InChI=1S/C23H27N3OS/c1-17-7-2-3-8-20(17)23(14-4-5-15-23)25-22(28)24-18-10-12-19(13-11-18)26-16-6-9-21(26)27/h2-3,7-8,10-13H,4-6,9,14-16H2,1H3,(H2,24,25,28). The maximum atomic E-state index is 11.9. The van der Waals surface area contributed by atoms with Gasteiger partial charge in [-0.2, -0.15) is 0 Å². The summed E-state index contributed by atoms with van der Waals surface area (Å²) in [6, 6.07) is 16.5. The zero-order chi connectivity index (χ0) is 19.6. The third-order valence-electron chi connectivity index (χ3n) is 5.98. The highest BCUT2D eigenvalue weighted by molar-refractivity contribution is 7.80. The van der Waals surface area contributed by atoms with Crippen molar-refractivity contribution in [2.75, 3.05) is 16.8 Å². The molecule has 1 heterocycles. The zero-order valence-electron chi connectivity index (χ0n) is 16.3. The van der Waals surface area contributed by atoms with Crippen LogP contribution in [-0.2, 0) is 10.3 Å². The molecule has 1 saturated heterocycles. The predicted molar refractivity (Wildman–Crippen MR) is 119 cm³/mol. The van der Waals surface area contributed by atoms with E-state index in [0.717, 1.165) is 37.2 Å². The molecule has 2 fully saturated rings. The number of nitrogens with one attached hydrogen (secondary N) is 2. The monoisotopic (exact) mass is 393 g/mol. The summed E-state index contributed by atoms with van der Waals surface area (Å²) < 4.78 is 0. The number of benzene rings is 2. The molecule has 0 spiro atoms. The molecule has 0 bridgehead atoms. The highest BCUT2D eigenvalue weighted by Gasteiger charge is 2.37. The van der Waals surface area contributed by atoms with Crippen molar-refractivity contribution in [1.82, 2.24) is 5.32 Å². The molecule has 0 radical (unpaired) electrons. The Hall–Kier alpha value is -2.40. The molecule has 4 rings (SSSR count). The van der Waals surface area contributed by atoms with Crippen LogP contribution in [0.15, 0.2) is 48.5 Å². The number of aryl methyl sites for hydroxylation is 1. The fourth-order valence-corrected chi connectivity index (χ4v) is 4.89. The van der Waals surface area contributed by atoms with Gasteiger partial charge in [0.15, 0.2) is 5.11 Å². The minimum absolute atomic E-state index is 0.0860. The molecule has 2 aromatic carbocycles. The Balaban J connectivity index is 1.46. The molecule has 146 valence electrons. The molecule has 1 amide bonds. The number of rotatable bonds is 4. The maximum Gasteiger partial charge on any atom is 0.227 e. The second kappa shape index (κ2) is 7.92. The summed E-state index contributed by atoms with van der Waals surface area (Å²) in [5.74, 6) is 0.208. The first-order valence-corrected chi connectivity index (χ1v) is 10.5. The topological polar surface area (TPSA) is 44.4 Å². The van der Waals surface area contributed by atoms with E-state index in [4.69, 9.17) is 12.2 Å². The summed E-state index contributed by atoms with van der Waals surface area (Å²) in [4.78, 5) is 13.8. The van der Waals surface area contributed by atoms with Crippen LogP contribution < -0.4 is 15.5 Å². The number of carbonyl (C=O) groups is 1. The minimum Gasteiger partial charge on any atom is -0.353 e. The fraction of sp³-hybridized carbons (Fsp3) is 0.391. The average molecular weight is 394 g/mol. The highest BCUT2D eigenvalue weighted by atomic mass is 32.1.